The van der Waals surface area contributed by atoms with Gasteiger partial charge in [0, 0.05) is 12.6 Å². The molecule has 1 aromatic rings. The van der Waals surface area contributed by atoms with E-state index >= 15 is 0 Å². The maximum Gasteiger partial charge on any atom is 0.337 e. The molecule has 5 heteroatoms. The number of rotatable bonds is 4. The molecule has 1 rings (SSSR count). The van der Waals surface area contributed by atoms with Crippen molar-refractivity contribution >= 4 is 11.9 Å². The Kier molecular flexibility index (Phi) is 4.59. The molecule has 5 nitrogen and oxygen atoms in total. The zero-order valence-electron chi connectivity index (χ0n) is 10.6. The quantitative estimate of drug-likeness (QED) is 0.600. The Balaban J connectivity index is 3.09. The highest BCUT2D eigenvalue weighted by atomic mass is 16.6. The molecule has 0 saturated carbocycles. The zero-order chi connectivity index (χ0) is 13.7. The van der Waals surface area contributed by atoms with E-state index in [4.69, 9.17) is 4.74 Å². The predicted molar refractivity (Wildman–Crippen MR) is 64.6 cm³/mol. The summed E-state index contributed by atoms with van der Waals surface area (Å²) < 4.78 is 9.64. The summed E-state index contributed by atoms with van der Waals surface area (Å²) in [6, 6.07) is 5.22. The van der Waals surface area contributed by atoms with Crippen molar-refractivity contribution in [2.75, 3.05) is 7.11 Å². The number of carbonyl (C=O) groups is 2. The molecular formula is C13H15NO4. The number of aryl methyl sites for hydroxylation is 1. The van der Waals surface area contributed by atoms with Gasteiger partial charge in [-0.25, -0.2) is 4.79 Å². The first-order valence-corrected chi connectivity index (χ1v) is 5.33. The molecule has 0 saturated heterocycles. The summed E-state index contributed by atoms with van der Waals surface area (Å²) in [6.07, 6.45) is -0.921. The lowest BCUT2D eigenvalue weighted by Gasteiger charge is -2.17. The molecule has 1 heterocycles. The van der Waals surface area contributed by atoms with Crippen LogP contribution in [-0.2, 0) is 19.1 Å². The first-order chi connectivity index (χ1) is 8.45. The number of carbonyl (C=O) groups excluding carboxylic acids is 2. The molecule has 0 N–H and O–H groups in total. The molecule has 1 atom stereocenters. The molecule has 0 aliphatic heterocycles. The van der Waals surface area contributed by atoms with Crippen LogP contribution in [0.2, 0.25) is 0 Å². The molecule has 0 aliphatic rings. The maximum atomic E-state index is 11.5. The summed E-state index contributed by atoms with van der Waals surface area (Å²) in [7, 11) is 1.24. The van der Waals surface area contributed by atoms with Gasteiger partial charge in [0.1, 0.15) is 0 Å². The molecule has 1 aromatic heterocycles. The highest BCUT2D eigenvalue weighted by Gasteiger charge is 2.25. The van der Waals surface area contributed by atoms with Gasteiger partial charge in [-0.15, -0.1) is 0 Å². The second-order valence-electron chi connectivity index (χ2n) is 3.71. The lowest BCUT2D eigenvalue weighted by atomic mass is 10.1. The van der Waals surface area contributed by atoms with Gasteiger partial charge < -0.3 is 9.47 Å². The van der Waals surface area contributed by atoms with Crippen molar-refractivity contribution in [2.45, 2.75) is 20.0 Å². The molecule has 18 heavy (non-hydrogen) atoms. The summed E-state index contributed by atoms with van der Waals surface area (Å²) in [5, 5.41) is 0. The summed E-state index contributed by atoms with van der Waals surface area (Å²) in [5.74, 6) is -1.15. The predicted octanol–water partition coefficient (Wildman–Crippen LogP) is 1.72. The average Bonchev–Trinajstić information content (AvgIpc) is 2.34. The molecule has 1 unspecified atom stereocenters. The van der Waals surface area contributed by atoms with E-state index in [9.17, 15) is 9.59 Å². The summed E-state index contributed by atoms with van der Waals surface area (Å²) in [4.78, 5) is 26.8. The molecule has 0 aromatic carbocycles. The molecule has 0 aliphatic carbocycles. The van der Waals surface area contributed by atoms with Gasteiger partial charge in [0.05, 0.1) is 18.4 Å². The third-order valence-electron chi connectivity index (χ3n) is 2.23. The van der Waals surface area contributed by atoms with Crippen LogP contribution in [0.15, 0.2) is 30.4 Å². The van der Waals surface area contributed by atoms with Gasteiger partial charge in [-0.2, -0.15) is 0 Å². The van der Waals surface area contributed by atoms with E-state index in [0.29, 0.717) is 5.69 Å². The normalized spacial score (nSPS) is 11.5. The van der Waals surface area contributed by atoms with Crippen molar-refractivity contribution in [1.29, 1.82) is 0 Å². The van der Waals surface area contributed by atoms with E-state index in [1.54, 1.807) is 25.1 Å². The molecule has 0 bridgehead atoms. The van der Waals surface area contributed by atoms with Crippen molar-refractivity contribution in [2.24, 2.45) is 0 Å². The topological polar surface area (TPSA) is 65.5 Å². The smallest absolute Gasteiger partial charge is 0.337 e. The molecule has 0 amide bonds. The zero-order valence-corrected chi connectivity index (χ0v) is 10.6. The van der Waals surface area contributed by atoms with Crippen LogP contribution in [0.1, 0.15) is 24.4 Å². The first-order valence-electron chi connectivity index (χ1n) is 5.33. The van der Waals surface area contributed by atoms with E-state index in [2.05, 4.69) is 16.3 Å². The fraction of sp³-hybridized carbons (Fsp3) is 0.308. The molecule has 96 valence electrons. The van der Waals surface area contributed by atoms with E-state index in [1.165, 1.54) is 14.0 Å². The minimum absolute atomic E-state index is 0.0331. The van der Waals surface area contributed by atoms with Gasteiger partial charge in [0.25, 0.3) is 0 Å². The maximum absolute atomic E-state index is 11.5. The number of hydrogen-bond donors (Lipinski definition) is 0. The molecule has 0 fully saturated rings. The van der Waals surface area contributed by atoms with Gasteiger partial charge in [0.15, 0.2) is 6.10 Å². The van der Waals surface area contributed by atoms with Crippen LogP contribution in [0, 0.1) is 6.92 Å². The lowest BCUT2D eigenvalue weighted by Crippen LogP contribution is -2.18. The lowest BCUT2D eigenvalue weighted by molar-refractivity contribution is -0.147. The van der Waals surface area contributed by atoms with Gasteiger partial charge in [-0.3, -0.25) is 9.78 Å². The summed E-state index contributed by atoms with van der Waals surface area (Å²) >= 11 is 0. The third kappa shape index (κ3) is 3.41. The van der Waals surface area contributed by atoms with E-state index < -0.39 is 18.0 Å². The number of aromatic nitrogens is 1. The van der Waals surface area contributed by atoms with Crippen LogP contribution in [0.3, 0.4) is 0 Å². The number of hydrogen-bond acceptors (Lipinski definition) is 5. The fourth-order valence-electron chi connectivity index (χ4n) is 1.42. The summed E-state index contributed by atoms with van der Waals surface area (Å²) in [5.41, 5.74) is 1.23. The van der Waals surface area contributed by atoms with Crippen LogP contribution in [0.25, 0.3) is 0 Å². The second kappa shape index (κ2) is 5.95. The summed E-state index contributed by atoms with van der Waals surface area (Å²) in [6.45, 7) is 6.65. The average molecular weight is 249 g/mol. The van der Waals surface area contributed by atoms with Crippen molar-refractivity contribution in [3.63, 3.8) is 0 Å². The minimum atomic E-state index is -0.921. The van der Waals surface area contributed by atoms with Gasteiger partial charge >= 0.3 is 11.9 Å². The monoisotopic (exact) mass is 249 g/mol. The SMILES string of the molecule is C=C(C(=O)OC)C(OC(C)=O)c1cccc(C)n1. The van der Waals surface area contributed by atoms with E-state index in [1.807, 2.05) is 0 Å². The Hall–Kier alpha value is -2.17. The van der Waals surface area contributed by atoms with Crippen molar-refractivity contribution in [3.8, 4) is 0 Å². The molecule has 0 spiro atoms. The van der Waals surface area contributed by atoms with Crippen molar-refractivity contribution in [3.05, 3.63) is 41.7 Å². The molecular weight excluding hydrogens is 234 g/mol. The highest BCUT2D eigenvalue weighted by Crippen LogP contribution is 2.24. The molecule has 0 radical (unpaired) electrons. The van der Waals surface area contributed by atoms with Gasteiger partial charge in [0.2, 0.25) is 0 Å². The largest absolute Gasteiger partial charge is 0.466 e. The highest BCUT2D eigenvalue weighted by molar-refractivity contribution is 5.89. The van der Waals surface area contributed by atoms with Crippen LogP contribution in [0.5, 0.6) is 0 Å². The van der Waals surface area contributed by atoms with Gasteiger partial charge in [-0.1, -0.05) is 12.6 Å². The second-order valence-corrected chi connectivity index (χ2v) is 3.71. The van der Waals surface area contributed by atoms with Crippen LogP contribution in [-0.4, -0.2) is 24.0 Å². The van der Waals surface area contributed by atoms with Crippen molar-refractivity contribution < 1.29 is 19.1 Å². The fourth-order valence-corrected chi connectivity index (χ4v) is 1.42. The number of pyridine rings is 1. The number of ether oxygens (including phenoxy) is 2. The number of nitrogens with zero attached hydrogens (tertiary/aromatic N) is 1. The Morgan fingerprint density at radius 2 is 2.06 bits per heavy atom. The van der Waals surface area contributed by atoms with Crippen LogP contribution in [0.4, 0.5) is 0 Å². The Morgan fingerprint density at radius 1 is 1.39 bits per heavy atom. The number of methoxy groups -OCH3 is 1. The third-order valence-corrected chi connectivity index (χ3v) is 2.23. The van der Waals surface area contributed by atoms with Gasteiger partial charge in [-0.05, 0) is 19.1 Å². The number of esters is 2. The van der Waals surface area contributed by atoms with E-state index in [0.717, 1.165) is 5.69 Å². The van der Waals surface area contributed by atoms with E-state index in [-0.39, 0.29) is 5.57 Å². The Morgan fingerprint density at radius 3 is 2.56 bits per heavy atom. The van der Waals surface area contributed by atoms with Crippen molar-refractivity contribution in [1.82, 2.24) is 4.98 Å². The van der Waals surface area contributed by atoms with Crippen LogP contribution >= 0.6 is 0 Å². The van der Waals surface area contributed by atoms with Crippen LogP contribution < -0.4 is 0 Å². The standard InChI is InChI=1S/C13H15NO4/c1-8-6-5-7-11(14-8)12(18-10(3)15)9(2)13(16)17-4/h5-7,12H,2H2,1,3-4H3. The Bertz CT molecular complexity index is 482. The minimum Gasteiger partial charge on any atom is -0.466 e. The first kappa shape index (κ1) is 13.9. The Labute approximate surface area is 105 Å².